The number of halogens is 1. The Morgan fingerprint density at radius 1 is 1.06 bits per heavy atom. The van der Waals surface area contributed by atoms with Gasteiger partial charge < -0.3 is 14.5 Å². The van der Waals surface area contributed by atoms with Crippen molar-refractivity contribution < 1.29 is 18.8 Å². The number of rotatable bonds is 8. The van der Waals surface area contributed by atoms with Gasteiger partial charge in [-0.15, -0.1) is 0 Å². The largest absolute Gasteiger partial charge is 0.493 e. The number of H-pyrrole nitrogens is 1. The molecule has 0 amide bonds. The minimum atomic E-state index is -0.453. The molecule has 0 bridgehead atoms. The first kappa shape index (κ1) is 20.4. The van der Waals surface area contributed by atoms with Gasteiger partial charge in [-0.3, -0.25) is 10.1 Å². The molecule has 0 unspecified atom stereocenters. The summed E-state index contributed by atoms with van der Waals surface area (Å²) in [5.41, 5.74) is 3.36. The second kappa shape index (κ2) is 8.87. The van der Waals surface area contributed by atoms with Crippen LogP contribution in [0.25, 0.3) is 10.9 Å². The number of nitrogens with zero attached hydrogens (tertiary/aromatic N) is 1. The predicted molar refractivity (Wildman–Crippen MR) is 116 cm³/mol. The average molecular weight is 420 g/mol. The standard InChI is InChI=1S/C24H21FN2O4/c1-30-24-12-17(8-11-23(24)31-15-16-6-9-18(25)10-7-16)21(14-27(28)29)20-13-26-22-5-3-2-4-19(20)22/h2-13,21,26H,14-15H2,1H3/t21-/m1/s1. The lowest BCUT2D eigenvalue weighted by Crippen LogP contribution is -2.14. The molecule has 7 heteroatoms. The molecule has 31 heavy (non-hydrogen) atoms. The van der Waals surface area contributed by atoms with E-state index >= 15 is 0 Å². The molecule has 0 aliphatic heterocycles. The number of nitrogens with one attached hydrogen (secondary N) is 1. The summed E-state index contributed by atoms with van der Waals surface area (Å²) >= 11 is 0. The molecule has 1 N–H and O–H groups in total. The minimum absolute atomic E-state index is 0.247. The Morgan fingerprint density at radius 3 is 2.58 bits per heavy atom. The van der Waals surface area contributed by atoms with Gasteiger partial charge in [-0.25, -0.2) is 4.39 Å². The second-order valence-electron chi connectivity index (χ2n) is 7.18. The molecule has 1 atom stereocenters. The number of benzene rings is 3. The molecule has 1 heterocycles. The van der Waals surface area contributed by atoms with Gasteiger partial charge in [0, 0.05) is 22.0 Å². The Labute approximate surface area is 178 Å². The number of aromatic nitrogens is 1. The molecule has 4 rings (SSSR count). The smallest absolute Gasteiger partial charge is 0.214 e. The van der Waals surface area contributed by atoms with Crippen molar-refractivity contribution in [1.82, 2.24) is 4.98 Å². The van der Waals surface area contributed by atoms with Crippen LogP contribution < -0.4 is 9.47 Å². The van der Waals surface area contributed by atoms with Crippen LogP contribution in [0.2, 0.25) is 0 Å². The van der Waals surface area contributed by atoms with E-state index in [0.29, 0.717) is 11.5 Å². The van der Waals surface area contributed by atoms with Gasteiger partial charge >= 0.3 is 0 Å². The van der Waals surface area contributed by atoms with Crippen molar-refractivity contribution in [1.29, 1.82) is 0 Å². The molecule has 1 aromatic heterocycles. The lowest BCUT2D eigenvalue weighted by atomic mass is 9.90. The van der Waals surface area contributed by atoms with Crippen LogP contribution in [0.5, 0.6) is 11.5 Å². The van der Waals surface area contributed by atoms with Crippen molar-refractivity contribution in [2.24, 2.45) is 0 Å². The molecule has 0 aliphatic carbocycles. The Morgan fingerprint density at radius 2 is 1.84 bits per heavy atom. The second-order valence-corrected chi connectivity index (χ2v) is 7.18. The zero-order valence-electron chi connectivity index (χ0n) is 16.9. The minimum Gasteiger partial charge on any atom is -0.493 e. The van der Waals surface area contributed by atoms with Crippen LogP contribution in [-0.4, -0.2) is 23.6 Å². The van der Waals surface area contributed by atoms with E-state index in [1.54, 1.807) is 24.3 Å². The van der Waals surface area contributed by atoms with Gasteiger partial charge in [-0.2, -0.15) is 0 Å². The van der Waals surface area contributed by atoms with Crippen molar-refractivity contribution in [3.63, 3.8) is 0 Å². The van der Waals surface area contributed by atoms with E-state index in [1.807, 2.05) is 36.5 Å². The molecule has 0 saturated heterocycles. The van der Waals surface area contributed by atoms with E-state index < -0.39 is 5.92 Å². The highest BCUT2D eigenvalue weighted by Gasteiger charge is 2.24. The lowest BCUT2D eigenvalue weighted by Gasteiger charge is -2.17. The summed E-state index contributed by atoms with van der Waals surface area (Å²) in [7, 11) is 1.53. The molecule has 0 radical (unpaired) electrons. The summed E-state index contributed by atoms with van der Waals surface area (Å²) < 4.78 is 24.4. The Kier molecular flexibility index (Phi) is 5.84. The normalized spacial score (nSPS) is 11.9. The fraction of sp³-hybridized carbons (Fsp3) is 0.167. The van der Waals surface area contributed by atoms with Gasteiger partial charge in [-0.05, 0) is 47.0 Å². The van der Waals surface area contributed by atoms with Gasteiger partial charge in [0.15, 0.2) is 11.5 Å². The van der Waals surface area contributed by atoms with Crippen LogP contribution >= 0.6 is 0 Å². The Bertz CT molecular complexity index is 1200. The monoisotopic (exact) mass is 420 g/mol. The van der Waals surface area contributed by atoms with E-state index in [2.05, 4.69) is 4.98 Å². The van der Waals surface area contributed by atoms with Crippen LogP contribution in [0.15, 0.2) is 72.9 Å². The Hall–Kier alpha value is -3.87. The summed E-state index contributed by atoms with van der Waals surface area (Å²) in [4.78, 5) is 14.3. The third kappa shape index (κ3) is 4.50. The van der Waals surface area contributed by atoms with Gasteiger partial charge in [0.25, 0.3) is 0 Å². The lowest BCUT2D eigenvalue weighted by molar-refractivity contribution is -0.481. The maximum Gasteiger partial charge on any atom is 0.214 e. The number of nitro groups is 1. The Balaban J connectivity index is 1.64. The predicted octanol–water partition coefficient (Wildman–Crippen LogP) is 5.30. The SMILES string of the molecule is COc1cc([C@@H](C[N+](=O)[O-])c2c[nH]c3ccccc23)ccc1OCc1ccc(F)cc1. The van der Waals surface area contributed by atoms with Gasteiger partial charge in [0.1, 0.15) is 12.4 Å². The van der Waals surface area contributed by atoms with Crippen molar-refractivity contribution in [2.45, 2.75) is 12.5 Å². The number of hydrogen-bond acceptors (Lipinski definition) is 4. The van der Waals surface area contributed by atoms with Gasteiger partial charge in [0.2, 0.25) is 6.54 Å². The van der Waals surface area contributed by atoms with E-state index in [4.69, 9.17) is 9.47 Å². The van der Waals surface area contributed by atoms with E-state index in [1.165, 1.54) is 19.2 Å². The maximum atomic E-state index is 13.1. The summed E-state index contributed by atoms with van der Waals surface area (Å²) in [6, 6.07) is 19.1. The number of ether oxygens (including phenoxy) is 2. The molecule has 6 nitrogen and oxygen atoms in total. The topological polar surface area (TPSA) is 77.4 Å². The molecule has 0 saturated carbocycles. The van der Waals surface area contributed by atoms with Crippen LogP contribution in [-0.2, 0) is 6.61 Å². The first-order chi connectivity index (χ1) is 15.0. The molecular weight excluding hydrogens is 399 g/mol. The van der Waals surface area contributed by atoms with Crippen LogP contribution in [0.1, 0.15) is 22.6 Å². The summed E-state index contributed by atoms with van der Waals surface area (Å²) in [6.07, 6.45) is 1.82. The van der Waals surface area contributed by atoms with Crippen LogP contribution in [0.4, 0.5) is 4.39 Å². The first-order valence-electron chi connectivity index (χ1n) is 9.78. The highest BCUT2D eigenvalue weighted by Crippen LogP contribution is 2.36. The molecule has 158 valence electrons. The summed E-state index contributed by atoms with van der Waals surface area (Å²) in [6.45, 7) is -0.00243. The summed E-state index contributed by atoms with van der Waals surface area (Å²) in [5, 5.41) is 12.4. The van der Waals surface area contributed by atoms with Crippen LogP contribution in [0, 0.1) is 15.9 Å². The molecule has 0 spiro atoms. The van der Waals surface area contributed by atoms with E-state index in [0.717, 1.165) is 27.6 Å². The molecule has 4 aromatic rings. The van der Waals surface area contributed by atoms with E-state index in [9.17, 15) is 14.5 Å². The van der Waals surface area contributed by atoms with Crippen LogP contribution in [0.3, 0.4) is 0 Å². The first-order valence-corrected chi connectivity index (χ1v) is 9.78. The molecule has 3 aromatic carbocycles. The molecule has 0 fully saturated rings. The number of para-hydroxylation sites is 1. The quantitative estimate of drug-likeness (QED) is 0.310. The maximum absolute atomic E-state index is 13.1. The fourth-order valence-electron chi connectivity index (χ4n) is 3.68. The third-order valence-electron chi connectivity index (χ3n) is 5.23. The number of hydrogen-bond donors (Lipinski definition) is 1. The van der Waals surface area contributed by atoms with Crippen molar-refractivity contribution in [3.05, 3.63) is 106 Å². The zero-order valence-corrected chi connectivity index (χ0v) is 16.9. The van der Waals surface area contributed by atoms with E-state index in [-0.39, 0.29) is 23.9 Å². The van der Waals surface area contributed by atoms with Gasteiger partial charge in [-0.1, -0.05) is 36.4 Å². The molecular formula is C24H21FN2O4. The van der Waals surface area contributed by atoms with Gasteiger partial charge in [0.05, 0.1) is 13.0 Å². The summed E-state index contributed by atoms with van der Waals surface area (Å²) in [5.74, 6) is 0.230. The fourth-order valence-corrected chi connectivity index (χ4v) is 3.68. The number of fused-ring (bicyclic) bond motifs is 1. The highest BCUT2D eigenvalue weighted by atomic mass is 19.1. The number of methoxy groups -OCH3 is 1. The van der Waals surface area contributed by atoms with Crippen molar-refractivity contribution in [3.8, 4) is 11.5 Å². The zero-order chi connectivity index (χ0) is 21.8. The molecule has 0 aliphatic rings. The number of aromatic amines is 1. The highest BCUT2D eigenvalue weighted by molar-refractivity contribution is 5.84. The van der Waals surface area contributed by atoms with Crippen molar-refractivity contribution in [2.75, 3.05) is 13.7 Å². The third-order valence-corrected chi connectivity index (χ3v) is 5.23. The van der Waals surface area contributed by atoms with Crippen molar-refractivity contribution >= 4 is 10.9 Å². The average Bonchev–Trinajstić information content (AvgIpc) is 3.21.